The van der Waals surface area contributed by atoms with Gasteiger partial charge in [-0.25, -0.2) is 14.7 Å². The molecule has 0 aliphatic carbocycles. The zero-order valence-corrected chi connectivity index (χ0v) is 18.2. The van der Waals surface area contributed by atoms with E-state index in [9.17, 15) is 14.4 Å². The van der Waals surface area contributed by atoms with Crippen molar-refractivity contribution in [3.63, 3.8) is 0 Å². The predicted molar refractivity (Wildman–Crippen MR) is 111 cm³/mol. The van der Waals surface area contributed by atoms with E-state index in [-0.39, 0.29) is 23.3 Å². The first-order valence-electron chi connectivity index (χ1n) is 10.1. The Morgan fingerprint density at radius 2 is 1.93 bits per heavy atom. The van der Waals surface area contributed by atoms with Crippen LogP contribution in [0.2, 0.25) is 5.02 Å². The number of aromatic nitrogens is 2. The van der Waals surface area contributed by atoms with Crippen molar-refractivity contribution in [1.29, 1.82) is 0 Å². The number of nitrogens with one attached hydrogen (secondary N) is 2. The van der Waals surface area contributed by atoms with Crippen LogP contribution in [0.3, 0.4) is 0 Å². The fraction of sp³-hybridized carbons (Fsp3) is 0.684. The molecule has 11 heteroatoms. The normalized spacial score (nSPS) is 20.2. The first-order chi connectivity index (χ1) is 14.1. The zero-order chi connectivity index (χ0) is 21.9. The summed E-state index contributed by atoms with van der Waals surface area (Å²) in [6, 6.07) is -0.0555. The maximum Gasteiger partial charge on any atom is 0.410 e. The molecule has 3 rings (SSSR count). The van der Waals surface area contributed by atoms with Gasteiger partial charge in [-0.1, -0.05) is 11.6 Å². The number of anilines is 1. The summed E-state index contributed by atoms with van der Waals surface area (Å²) in [5.41, 5.74) is -0.450. The lowest BCUT2D eigenvalue weighted by molar-refractivity contribution is 0.0197. The number of carbonyl (C=O) groups excluding carboxylic acids is 2. The maximum absolute atomic E-state index is 12.3. The molecular weight excluding hydrogens is 414 g/mol. The molecule has 2 aliphatic heterocycles. The number of halogens is 1. The second-order valence-corrected chi connectivity index (χ2v) is 8.92. The number of carbonyl (C=O) groups is 2. The molecule has 166 valence electrons. The summed E-state index contributed by atoms with van der Waals surface area (Å²) in [7, 11) is 0. The fourth-order valence-corrected chi connectivity index (χ4v) is 3.73. The molecule has 2 aliphatic rings. The molecule has 2 N–H and O–H groups in total. The van der Waals surface area contributed by atoms with Gasteiger partial charge >= 0.3 is 12.2 Å². The number of aromatic amines is 1. The Balaban J connectivity index is 1.42. The number of amides is 2. The molecule has 2 saturated heterocycles. The monoisotopic (exact) mass is 441 g/mol. The number of likely N-dealkylation sites (tertiary alicyclic amines) is 1. The van der Waals surface area contributed by atoms with Crippen LogP contribution < -0.4 is 15.8 Å². The van der Waals surface area contributed by atoms with E-state index >= 15 is 0 Å². The minimum atomic E-state index is -0.529. The third-order valence-corrected chi connectivity index (χ3v) is 5.37. The number of H-pyrrole nitrogens is 1. The second kappa shape index (κ2) is 9.11. The summed E-state index contributed by atoms with van der Waals surface area (Å²) in [4.78, 5) is 39.5. The van der Waals surface area contributed by atoms with Gasteiger partial charge in [-0.15, -0.1) is 0 Å². The minimum Gasteiger partial charge on any atom is -0.444 e. The van der Waals surface area contributed by atoms with Crippen molar-refractivity contribution in [3.05, 3.63) is 21.6 Å². The zero-order valence-electron chi connectivity index (χ0n) is 17.4. The van der Waals surface area contributed by atoms with Gasteiger partial charge < -0.3 is 24.6 Å². The van der Waals surface area contributed by atoms with Crippen molar-refractivity contribution in [3.8, 4) is 0 Å². The van der Waals surface area contributed by atoms with Crippen LogP contribution in [0.4, 0.5) is 15.3 Å². The van der Waals surface area contributed by atoms with Gasteiger partial charge in [-0.2, -0.15) is 5.10 Å². The van der Waals surface area contributed by atoms with Crippen molar-refractivity contribution in [1.82, 2.24) is 20.4 Å². The smallest absolute Gasteiger partial charge is 0.410 e. The number of hydrogen-bond acceptors (Lipinski definition) is 7. The second-order valence-electron chi connectivity index (χ2n) is 8.55. The van der Waals surface area contributed by atoms with Crippen molar-refractivity contribution < 1.29 is 19.1 Å². The first kappa shape index (κ1) is 22.2. The molecule has 0 spiro atoms. The Labute approximate surface area is 179 Å². The lowest BCUT2D eigenvalue weighted by Gasteiger charge is -2.33. The molecule has 3 heterocycles. The lowest BCUT2D eigenvalue weighted by atomic mass is 10.1. The summed E-state index contributed by atoms with van der Waals surface area (Å²) >= 11 is 6.04. The highest BCUT2D eigenvalue weighted by Crippen LogP contribution is 2.26. The molecule has 0 bridgehead atoms. The van der Waals surface area contributed by atoms with Gasteiger partial charge in [0.2, 0.25) is 0 Å². The highest BCUT2D eigenvalue weighted by molar-refractivity contribution is 6.33. The lowest BCUT2D eigenvalue weighted by Crippen LogP contribution is -2.48. The molecule has 2 amide bonds. The van der Waals surface area contributed by atoms with Crippen LogP contribution in [0, 0.1) is 0 Å². The molecule has 0 saturated carbocycles. The summed E-state index contributed by atoms with van der Waals surface area (Å²) in [5, 5.41) is 9.00. The number of hydrogen-bond donors (Lipinski definition) is 2. The highest BCUT2D eigenvalue weighted by Gasteiger charge is 2.30. The molecule has 10 nitrogen and oxygen atoms in total. The van der Waals surface area contributed by atoms with Crippen LogP contribution in [0.5, 0.6) is 0 Å². The quantitative estimate of drug-likeness (QED) is 0.737. The van der Waals surface area contributed by atoms with Crippen molar-refractivity contribution in [2.75, 3.05) is 31.1 Å². The average Bonchev–Trinajstić information content (AvgIpc) is 3.11. The summed E-state index contributed by atoms with van der Waals surface area (Å²) in [6.45, 7) is 7.59. The molecule has 0 radical (unpaired) electrons. The van der Waals surface area contributed by atoms with Crippen LogP contribution in [-0.2, 0) is 9.47 Å². The summed E-state index contributed by atoms with van der Waals surface area (Å²) in [6.07, 6.45) is 2.29. The fourth-order valence-electron chi connectivity index (χ4n) is 3.52. The largest absolute Gasteiger partial charge is 0.444 e. The third kappa shape index (κ3) is 5.78. The Hall–Kier alpha value is -2.49. The van der Waals surface area contributed by atoms with Crippen molar-refractivity contribution in [2.24, 2.45) is 0 Å². The van der Waals surface area contributed by atoms with E-state index in [2.05, 4.69) is 15.5 Å². The molecular formula is C19H28ClN5O5. The molecule has 1 aromatic rings. The van der Waals surface area contributed by atoms with Gasteiger partial charge in [0.05, 0.1) is 18.4 Å². The van der Waals surface area contributed by atoms with E-state index in [1.165, 1.54) is 6.20 Å². The van der Waals surface area contributed by atoms with Gasteiger partial charge in [0.15, 0.2) is 0 Å². The Bertz CT molecular complexity index is 831. The summed E-state index contributed by atoms with van der Waals surface area (Å²) < 4.78 is 10.9. The van der Waals surface area contributed by atoms with Gasteiger partial charge in [0.25, 0.3) is 5.56 Å². The molecule has 1 aromatic heterocycles. The van der Waals surface area contributed by atoms with Crippen molar-refractivity contribution in [2.45, 2.75) is 57.8 Å². The topological polar surface area (TPSA) is 117 Å². The first-order valence-corrected chi connectivity index (χ1v) is 10.4. The SMILES string of the molecule is CC(C)(C)OC(=O)N1CCC(NC(=O)O[C@@H]2CCN(c3cn[nH]c(=O)c3Cl)C2)CC1. The van der Waals surface area contributed by atoms with E-state index in [1.807, 2.05) is 25.7 Å². The predicted octanol–water partition coefficient (Wildman–Crippen LogP) is 2.13. The van der Waals surface area contributed by atoms with Gasteiger partial charge in [-0.05, 0) is 33.6 Å². The number of ether oxygens (including phenoxy) is 2. The van der Waals surface area contributed by atoms with Gasteiger partial charge in [0.1, 0.15) is 16.7 Å². The van der Waals surface area contributed by atoms with Crippen LogP contribution in [0.15, 0.2) is 11.0 Å². The molecule has 0 unspecified atom stereocenters. The van der Waals surface area contributed by atoms with E-state index in [4.69, 9.17) is 21.1 Å². The minimum absolute atomic E-state index is 0.0555. The number of piperidine rings is 1. The maximum atomic E-state index is 12.3. The average molecular weight is 442 g/mol. The van der Waals surface area contributed by atoms with Crippen molar-refractivity contribution >= 4 is 29.5 Å². The molecule has 2 fully saturated rings. The van der Waals surface area contributed by atoms with Crippen LogP contribution in [0.25, 0.3) is 0 Å². The van der Waals surface area contributed by atoms with Gasteiger partial charge in [-0.3, -0.25) is 4.79 Å². The Morgan fingerprint density at radius 3 is 2.60 bits per heavy atom. The van der Waals surface area contributed by atoms with E-state index in [1.54, 1.807) is 4.90 Å². The van der Waals surface area contributed by atoms with Crippen LogP contribution in [0.1, 0.15) is 40.0 Å². The van der Waals surface area contributed by atoms with E-state index in [0.717, 1.165) is 0 Å². The van der Waals surface area contributed by atoms with Crippen LogP contribution >= 0.6 is 11.6 Å². The van der Waals surface area contributed by atoms with E-state index in [0.29, 0.717) is 51.1 Å². The standard InChI is InChI=1S/C19H28ClN5O5/c1-19(2,3)30-18(28)24-7-4-12(5-8-24)22-17(27)29-13-6-9-25(11-13)14-10-21-23-16(26)15(14)20/h10,12-13H,4-9,11H2,1-3H3,(H,22,27)(H,23,26)/t13-/m1/s1. The highest BCUT2D eigenvalue weighted by atomic mass is 35.5. The third-order valence-electron chi connectivity index (χ3n) is 5.01. The van der Waals surface area contributed by atoms with Gasteiger partial charge in [0, 0.05) is 32.1 Å². The molecule has 1 atom stereocenters. The van der Waals surface area contributed by atoms with Crippen LogP contribution in [-0.4, -0.2) is 71.2 Å². The number of rotatable bonds is 3. The number of alkyl carbamates (subject to hydrolysis) is 1. The molecule has 0 aromatic carbocycles. The number of nitrogens with zero attached hydrogens (tertiary/aromatic N) is 3. The Morgan fingerprint density at radius 1 is 1.23 bits per heavy atom. The van der Waals surface area contributed by atoms with E-state index < -0.39 is 17.3 Å². The molecule has 30 heavy (non-hydrogen) atoms. The Kier molecular flexibility index (Phi) is 6.74. The summed E-state index contributed by atoms with van der Waals surface area (Å²) in [5.74, 6) is 0.